The highest BCUT2D eigenvalue weighted by atomic mass is 16.5. The fourth-order valence-corrected chi connectivity index (χ4v) is 2.39. The largest absolute Gasteiger partial charge is 0.497 e. The molecular formula is C17H17N3O2. The molecule has 2 aromatic carbocycles. The number of ether oxygens (including phenoxy) is 1. The van der Waals surface area contributed by atoms with E-state index in [1.54, 1.807) is 7.11 Å². The predicted octanol–water partition coefficient (Wildman–Crippen LogP) is 3.19. The zero-order valence-electron chi connectivity index (χ0n) is 12.3. The van der Waals surface area contributed by atoms with Gasteiger partial charge in [0.2, 0.25) is 5.91 Å². The Morgan fingerprint density at radius 2 is 1.95 bits per heavy atom. The Hall–Kier alpha value is -2.95. The molecule has 0 unspecified atom stereocenters. The van der Waals surface area contributed by atoms with Gasteiger partial charge >= 0.3 is 0 Å². The van der Waals surface area contributed by atoms with Gasteiger partial charge in [-0.1, -0.05) is 12.6 Å². The maximum Gasteiger partial charge on any atom is 0.228 e. The van der Waals surface area contributed by atoms with E-state index < -0.39 is 0 Å². The van der Waals surface area contributed by atoms with Crippen LogP contribution in [0.4, 0.5) is 17.1 Å². The van der Waals surface area contributed by atoms with Crippen molar-refractivity contribution in [2.75, 3.05) is 23.1 Å². The van der Waals surface area contributed by atoms with Crippen LogP contribution in [0.3, 0.4) is 0 Å². The van der Waals surface area contributed by atoms with Gasteiger partial charge in [-0.25, -0.2) is 0 Å². The van der Waals surface area contributed by atoms with E-state index in [4.69, 9.17) is 4.74 Å². The topological polar surface area (TPSA) is 62.4 Å². The normalized spacial score (nSPS) is 12.3. The summed E-state index contributed by atoms with van der Waals surface area (Å²) >= 11 is 0. The molecule has 5 nitrogen and oxygen atoms in total. The van der Waals surface area contributed by atoms with Crippen LogP contribution in [0.5, 0.6) is 5.75 Å². The number of amides is 1. The van der Waals surface area contributed by atoms with Gasteiger partial charge in [-0.05, 0) is 35.9 Å². The van der Waals surface area contributed by atoms with E-state index in [0.717, 1.165) is 28.4 Å². The van der Waals surface area contributed by atoms with Crippen molar-refractivity contribution in [2.24, 2.45) is 0 Å². The van der Waals surface area contributed by atoms with E-state index in [1.165, 1.54) is 0 Å². The number of anilines is 3. The van der Waals surface area contributed by atoms with Crippen LogP contribution in [0, 0.1) is 0 Å². The van der Waals surface area contributed by atoms with Gasteiger partial charge in [0.15, 0.2) is 0 Å². The molecule has 3 N–H and O–H groups in total. The average Bonchev–Trinajstić information content (AvgIpc) is 2.86. The van der Waals surface area contributed by atoms with Crippen LogP contribution < -0.4 is 20.7 Å². The summed E-state index contributed by atoms with van der Waals surface area (Å²) in [6.07, 6.45) is 0.417. The number of benzene rings is 2. The third kappa shape index (κ3) is 3.03. The Bertz CT molecular complexity index is 740. The second kappa shape index (κ2) is 5.81. The van der Waals surface area contributed by atoms with Gasteiger partial charge in [-0.2, -0.15) is 0 Å². The van der Waals surface area contributed by atoms with Crippen molar-refractivity contribution in [2.45, 2.75) is 6.42 Å². The van der Waals surface area contributed by atoms with Crippen LogP contribution in [-0.4, -0.2) is 13.0 Å². The molecule has 1 aliphatic heterocycles. The summed E-state index contributed by atoms with van der Waals surface area (Å²) in [5.41, 5.74) is 3.64. The molecule has 0 bridgehead atoms. The Kier molecular flexibility index (Phi) is 3.70. The maximum atomic E-state index is 11.4. The van der Waals surface area contributed by atoms with E-state index in [2.05, 4.69) is 22.5 Å². The Labute approximate surface area is 129 Å². The molecule has 1 aliphatic rings. The molecule has 1 amide bonds. The monoisotopic (exact) mass is 295 g/mol. The Morgan fingerprint density at radius 1 is 1.18 bits per heavy atom. The van der Waals surface area contributed by atoms with Crippen LogP contribution in [-0.2, 0) is 11.2 Å². The number of fused-ring (bicyclic) bond motifs is 1. The Balaban J connectivity index is 1.67. The lowest BCUT2D eigenvalue weighted by molar-refractivity contribution is -0.115. The first-order valence-electron chi connectivity index (χ1n) is 6.94. The summed E-state index contributed by atoms with van der Waals surface area (Å²) in [5.74, 6) is 1.45. The van der Waals surface area contributed by atoms with E-state index >= 15 is 0 Å². The summed E-state index contributed by atoms with van der Waals surface area (Å²) in [6.45, 7) is 3.96. The average molecular weight is 295 g/mol. The molecule has 0 fully saturated rings. The minimum Gasteiger partial charge on any atom is -0.497 e. The molecule has 0 saturated carbocycles. The highest BCUT2D eigenvalue weighted by Crippen LogP contribution is 2.26. The van der Waals surface area contributed by atoms with Crippen LogP contribution in [0.1, 0.15) is 5.56 Å². The van der Waals surface area contributed by atoms with Crippen molar-refractivity contribution < 1.29 is 9.53 Å². The highest BCUT2D eigenvalue weighted by Gasteiger charge is 2.17. The summed E-state index contributed by atoms with van der Waals surface area (Å²) in [5, 5.41) is 9.17. The number of rotatable bonds is 5. The van der Waals surface area contributed by atoms with Crippen molar-refractivity contribution in [3.05, 3.63) is 60.4 Å². The van der Waals surface area contributed by atoms with Crippen molar-refractivity contribution in [3.63, 3.8) is 0 Å². The molecule has 112 valence electrons. The van der Waals surface area contributed by atoms with Crippen LogP contribution in [0.2, 0.25) is 0 Å². The third-order valence-corrected chi connectivity index (χ3v) is 3.39. The zero-order chi connectivity index (χ0) is 15.5. The molecule has 0 aromatic heterocycles. The second-order valence-electron chi connectivity index (χ2n) is 5.06. The van der Waals surface area contributed by atoms with Gasteiger partial charge in [0.1, 0.15) is 11.6 Å². The zero-order valence-corrected chi connectivity index (χ0v) is 12.3. The van der Waals surface area contributed by atoms with Gasteiger partial charge in [0, 0.05) is 23.1 Å². The molecule has 1 heterocycles. The lowest BCUT2D eigenvalue weighted by Gasteiger charge is -2.13. The van der Waals surface area contributed by atoms with Crippen molar-refractivity contribution in [1.82, 2.24) is 0 Å². The van der Waals surface area contributed by atoms with Crippen LogP contribution in [0.15, 0.2) is 54.9 Å². The lowest BCUT2D eigenvalue weighted by atomic mass is 10.1. The highest BCUT2D eigenvalue weighted by molar-refractivity contribution is 5.99. The van der Waals surface area contributed by atoms with Crippen molar-refractivity contribution in [1.29, 1.82) is 0 Å². The number of hydrogen-bond donors (Lipinski definition) is 3. The first kappa shape index (κ1) is 14.0. The maximum absolute atomic E-state index is 11.4. The molecule has 0 radical (unpaired) electrons. The fraction of sp³-hybridized carbons (Fsp3) is 0.118. The lowest BCUT2D eigenvalue weighted by Crippen LogP contribution is -2.08. The number of hydrogen-bond acceptors (Lipinski definition) is 4. The quantitative estimate of drug-likeness (QED) is 0.793. The molecule has 3 rings (SSSR count). The van der Waals surface area contributed by atoms with Crippen LogP contribution in [0.25, 0.3) is 0 Å². The van der Waals surface area contributed by atoms with Gasteiger partial charge in [0.25, 0.3) is 0 Å². The Morgan fingerprint density at radius 3 is 2.73 bits per heavy atom. The van der Waals surface area contributed by atoms with Gasteiger partial charge in [0.05, 0.1) is 13.5 Å². The van der Waals surface area contributed by atoms with E-state index in [9.17, 15) is 4.79 Å². The molecule has 0 saturated heterocycles. The van der Waals surface area contributed by atoms with Crippen molar-refractivity contribution >= 4 is 23.0 Å². The van der Waals surface area contributed by atoms with E-state index in [0.29, 0.717) is 12.2 Å². The van der Waals surface area contributed by atoms with Gasteiger partial charge in [-0.3, -0.25) is 4.79 Å². The number of carbonyl (C=O) groups is 1. The minimum atomic E-state index is 0.0282. The van der Waals surface area contributed by atoms with E-state index in [-0.39, 0.29) is 5.91 Å². The SMILES string of the molecule is C=C(Nc1cccc(OC)c1)Nc1ccc2c(c1)CC(=O)N2. The van der Waals surface area contributed by atoms with Gasteiger partial charge in [-0.15, -0.1) is 0 Å². The second-order valence-corrected chi connectivity index (χ2v) is 5.06. The molecule has 5 heteroatoms. The molecule has 0 spiro atoms. The summed E-state index contributed by atoms with van der Waals surface area (Å²) < 4.78 is 5.19. The van der Waals surface area contributed by atoms with Gasteiger partial charge < -0.3 is 20.7 Å². The third-order valence-electron chi connectivity index (χ3n) is 3.39. The molecular weight excluding hydrogens is 278 g/mol. The van der Waals surface area contributed by atoms with Crippen LogP contribution >= 0.6 is 0 Å². The number of carbonyl (C=O) groups excluding carboxylic acids is 1. The fourth-order valence-electron chi connectivity index (χ4n) is 2.39. The number of nitrogens with one attached hydrogen (secondary N) is 3. The number of methoxy groups -OCH3 is 1. The summed E-state index contributed by atoms with van der Waals surface area (Å²) in [4.78, 5) is 11.4. The summed E-state index contributed by atoms with van der Waals surface area (Å²) in [7, 11) is 1.63. The molecule has 22 heavy (non-hydrogen) atoms. The predicted molar refractivity (Wildman–Crippen MR) is 88.2 cm³/mol. The van der Waals surface area contributed by atoms with Crippen molar-refractivity contribution in [3.8, 4) is 5.75 Å². The molecule has 2 aromatic rings. The minimum absolute atomic E-state index is 0.0282. The smallest absolute Gasteiger partial charge is 0.228 e. The molecule has 0 atom stereocenters. The summed E-state index contributed by atoms with van der Waals surface area (Å²) in [6, 6.07) is 13.3. The molecule has 0 aliphatic carbocycles. The first-order chi connectivity index (χ1) is 10.6. The standard InChI is InChI=1S/C17H17N3O2/c1-11(18-13-4-3-5-15(10-13)22-2)19-14-6-7-16-12(8-14)9-17(21)20-16/h3-8,10,18-19H,1,9H2,2H3,(H,20,21). The van der Waals surface area contributed by atoms with E-state index in [1.807, 2.05) is 42.5 Å². The first-order valence-corrected chi connectivity index (χ1v) is 6.94.